The molecule has 2 N–H and O–H groups in total. The number of benzene rings is 1. The molecule has 3 heterocycles. The Balaban J connectivity index is 1.67. The molecule has 2 aromatic heterocycles. The third kappa shape index (κ3) is 4.32. The summed E-state index contributed by atoms with van der Waals surface area (Å²) in [5.41, 5.74) is 2.50. The molecule has 1 amide bonds. The molecule has 0 saturated carbocycles. The highest BCUT2D eigenvalue weighted by Gasteiger charge is 2.41. The summed E-state index contributed by atoms with van der Waals surface area (Å²) in [6, 6.07) is 17.1. The minimum Gasteiger partial charge on any atom is -0.375 e. The van der Waals surface area contributed by atoms with E-state index in [1.165, 1.54) is 18.4 Å². The number of carbonyl (C=O) groups is 1. The molecule has 6 nitrogen and oxygen atoms in total. The third-order valence-corrected chi connectivity index (χ3v) is 6.30. The maximum absolute atomic E-state index is 11.7. The molecule has 3 aromatic rings. The Bertz CT molecular complexity index is 1040. The van der Waals surface area contributed by atoms with E-state index in [1.807, 2.05) is 54.6 Å². The molecule has 1 fully saturated rings. The van der Waals surface area contributed by atoms with Gasteiger partial charge in [-0.15, -0.1) is 11.3 Å². The van der Waals surface area contributed by atoms with Gasteiger partial charge in [-0.25, -0.2) is 0 Å². The van der Waals surface area contributed by atoms with E-state index in [0.717, 1.165) is 20.6 Å². The second-order valence-electron chi connectivity index (χ2n) is 6.67. The predicted octanol–water partition coefficient (Wildman–Crippen LogP) is 4.56. The quantitative estimate of drug-likeness (QED) is 0.528. The summed E-state index contributed by atoms with van der Waals surface area (Å²) in [6.45, 7) is 0.00878. The largest absolute Gasteiger partial charge is 0.375 e. The van der Waals surface area contributed by atoms with Gasteiger partial charge in [0.05, 0.1) is 22.1 Å². The monoisotopic (exact) mass is 458 g/mol. The number of ether oxygens (including phenoxy) is 1. The van der Waals surface area contributed by atoms with Crippen LogP contribution in [-0.2, 0) is 9.53 Å². The number of aromatic nitrogens is 1. The van der Waals surface area contributed by atoms with Crippen LogP contribution in [0.4, 0.5) is 11.4 Å². The van der Waals surface area contributed by atoms with E-state index < -0.39 is 0 Å². The van der Waals surface area contributed by atoms with E-state index >= 15 is 0 Å². The fourth-order valence-corrected chi connectivity index (χ4v) is 4.98. The van der Waals surface area contributed by atoms with Gasteiger partial charge in [-0.1, -0.05) is 17.7 Å². The van der Waals surface area contributed by atoms with Crippen molar-refractivity contribution in [2.24, 2.45) is 0 Å². The van der Waals surface area contributed by atoms with Gasteiger partial charge in [0.25, 0.3) is 0 Å². The molecule has 1 aliphatic heterocycles. The molecule has 2 atom stereocenters. The third-order valence-electron chi connectivity index (χ3n) is 4.69. The molecule has 9 heteroatoms. The van der Waals surface area contributed by atoms with Crippen LogP contribution in [0.2, 0.25) is 4.34 Å². The maximum Gasteiger partial charge on any atom is 0.250 e. The van der Waals surface area contributed by atoms with Crippen LogP contribution in [0, 0.1) is 0 Å². The van der Waals surface area contributed by atoms with Gasteiger partial charge >= 0.3 is 0 Å². The van der Waals surface area contributed by atoms with Crippen LogP contribution in [0.3, 0.4) is 0 Å². The highest BCUT2D eigenvalue weighted by atomic mass is 35.5. The molecule has 1 aromatic carbocycles. The van der Waals surface area contributed by atoms with Gasteiger partial charge < -0.3 is 20.3 Å². The van der Waals surface area contributed by atoms with Gasteiger partial charge in [0, 0.05) is 29.6 Å². The van der Waals surface area contributed by atoms with E-state index in [0.29, 0.717) is 10.8 Å². The number of carbonyl (C=O) groups excluding carboxylic acids is 1. The number of rotatable bonds is 6. The second-order valence-corrected chi connectivity index (χ2v) is 8.80. The lowest BCUT2D eigenvalue weighted by Gasteiger charge is -2.27. The molecule has 0 spiro atoms. The number of halogens is 1. The van der Waals surface area contributed by atoms with Gasteiger partial charge in [0.1, 0.15) is 6.61 Å². The van der Waals surface area contributed by atoms with Gasteiger partial charge in [-0.3, -0.25) is 9.78 Å². The number of anilines is 2. The van der Waals surface area contributed by atoms with Gasteiger partial charge in [0.15, 0.2) is 5.11 Å². The van der Waals surface area contributed by atoms with Crippen LogP contribution < -0.4 is 15.5 Å². The van der Waals surface area contributed by atoms with Crippen molar-refractivity contribution in [3.05, 3.63) is 75.7 Å². The van der Waals surface area contributed by atoms with Crippen LogP contribution in [0.1, 0.15) is 22.7 Å². The zero-order chi connectivity index (χ0) is 21.1. The first kappa shape index (κ1) is 20.7. The zero-order valence-electron chi connectivity index (χ0n) is 16.0. The van der Waals surface area contributed by atoms with Crippen molar-refractivity contribution in [2.45, 2.75) is 12.1 Å². The fourth-order valence-electron chi connectivity index (χ4n) is 3.44. The summed E-state index contributed by atoms with van der Waals surface area (Å²) in [6.07, 6.45) is 1.78. The smallest absolute Gasteiger partial charge is 0.250 e. The number of nitrogens with one attached hydrogen (secondary N) is 2. The Kier molecular flexibility index (Phi) is 6.29. The zero-order valence-corrected chi connectivity index (χ0v) is 18.4. The lowest BCUT2D eigenvalue weighted by Crippen LogP contribution is -2.29. The van der Waals surface area contributed by atoms with Gasteiger partial charge in [0.2, 0.25) is 5.91 Å². The summed E-state index contributed by atoms with van der Waals surface area (Å²) >= 11 is 13.5. The summed E-state index contributed by atoms with van der Waals surface area (Å²) in [5, 5.41) is 6.82. The van der Waals surface area contributed by atoms with E-state index in [2.05, 4.69) is 20.5 Å². The first-order chi connectivity index (χ1) is 14.6. The molecule has 154 valence electrons. The van der Waals surface area contributed by atoms with Gasteiger partial charge in [-0.2, -0.15) is 0 Å². The minimum absolute atomic E-state index is 0.00878. The number of pyridine rings is 1. The number of amides is 1. The Hall–Kier alpha value is -2.52. The Labute approximate surface area is 188 Å². The number of methoxy groups -OCH3 is 1. The van der Waals surface area contributed by atoms with E-state index in [4.69, 9.17) is 28.6 Å². The number of hydrogen-bond donors (Lipinski definition) is 2. The van der Waals surface area contributed by atoms with Crippen molar-refractivity contribution in [1.29, 1.82) is 0 Å². The van der Waals surface area contributed by atoms with Crippen LogP contribution in [0.5, 0.6) is 0 Å². The van der Waals surface area contributed by atoms with Crippen molar-refractivity contribution in [3.8, 4) is 0 Å². The molecule has 0 radical (unpaired) electrons. The average Bonchev–Trinajstić information content (AvgIpc) is 3.32. The first-order valence-corrected chi connectivity index (χ1v) is 10.8. The van der Waals surface area contributed by atoms with Crippen molar-refractivity contribution >= 4 is 57.5 Å². The SMILES string of the molecule is COCC(=O)Nc1ccc(N2C(=S)N[C@H](c3ccccn3)[C@H]2c2ccc(Cl)s2)cc1. The summed E-state index contributed by atoms with van der Waals surface area (Å²) in [7, 11) is 1.49. The topological polar surface area (TPSA) is 66.5 Å². The summed E-state index contributed by atoms with van der Waals surface area (Å²) in [4.78, 5) is 19.4. The Morgan fingerprint density at radius 1 is 1.27 bits per heavy atom. The average molecular weight is 459 g/mol. The number of nitrogens with zero attached hydrogens (tertiary/aromatic N) is 2. The van der Waals surface area contributed by atoms with Crippen molar-refractivity contribution < 1.29 is 9.53 Å². The summed E-state index contributed by atoms with van der Waals surface area (Å²) in [5.74, 6) is -0.204. The number of hydrogen-bond acceptors (Lipinski definition) is 5. The van der Waals surface area contributed by atoms with Crippen LogP contribution in [0.15, 0.2) is 60.8 Å². The molecule has 4 rings (SSSR count). The molecular formula is C21H19ClN4O2S2. The highest BCUT2D eigenvalue weighted by Crippen LogP contribution is 2.44. The standard InChI is InChI=1S/C21H19ClN4O2S2/c1-28-12-18(27)24-13-5-7-14(8-6-13)26-20(16-9-10-17(22)30-16)19(25-21(26)29)15-4-2-3-11-23-15/h2-11,19-20H,12H2,1H3,(H,24,27)(H,25,29)/t19-,20-/m1/s1. The number of thiocarbonyl (C=S) groups is 1. The minimum atomic E-state index is -0.204. The summed E-state index contributed by atoms with van der Waals surface area (Å²) < 4.78 is 5.57. The van der Waals surface area contributed by atoms with Crippen molar-refractivity contribution in [2.75, 3.05) is 23.9 Å². The lowest BCUT2D eigenvalue weighted by molar-refractivity contribution is -0.119. The maximum atomic E-state index is 11.7. The van der Waals surface area contributed by atoms with Crippen molar-refractivity contribution in [3.63, 3.8) is 0 Å². The number of thiophene rings is 1. The molecule has 1 saturated heterocycles. The molecule has 1 aliphatic rings. The molecule has 0 bridgehead atoms. The lowest BCUT2D eigenvalue weighted by atomic mass is 10.0. The molecular weight excluding hydrogens is 440 g/mol. The second kappa shape index (κ2) is 9.09. The molecule has 0 unspecified atom stereocenters. The fraction of sp³-hybridized carbons (Fsp3) is 0.190. The van der Waals surface area contributed by atoms with Crippen LogP contribution in [-0.4, -0.2) is 29.7 Å². The van der Waals surface area contributed by atoms with E-state index in [-0.39, 0.29) is 24.6 Å². The first-order valence-electron chi connectivity index (χ1n) is 9.21. The Morgan fingerprint density at radius 2 is 2.07 bits per heavy atom. The van der Waals surface area contributed by atoms with Crippen LogP contribution in [0.25, 0.3) is 0 Å². The molecule has 30 heavy (non-hydrogen) atoms. The van der Waals surface area contributed by atoms with E-state index in [1.54, 1.807) is 6.20 Å². The van der Waals surface area contributed by atoms with Crippen molar-refractivity contribution in [1.82, 2.24) is 10.3 Å². The highest BCUT2D eigenvalue weighted by molar-refractivity contribution is 7.80. The molecule has 0 aliphatic carbocycles. The predicted molar refractivity (Wildman–Crippen MR) is 124 cm³/mol. The van der Waals surface area contributed by atoms with Gasteiger partial charge in [-0.05, 0) is 60.7 Å². The Morgan fingerprint density at radius 3 is 2.70 bits per heavy atom. The normalized spacial score (nSPS) is 18.3. The van der Waals surface area contributed by atoms with E-state index in [9.17, 15) is 4.79 Å². The van der Waals surface area contributed by atoms with Crippen LogP contribution >= 0.6 is 35.2 Å².